The van der Waals surface area contributed by atoms with Crippen LogP contribution in [0.3, 0.4) is 0 Å². The van der Waals surface area contributed by atoms with Crippen LogP contribution in [0.15, 0.2) is 18.2 Å². The predicted octanol–water partition coefficient (Wildman–Crippen LogP) is 2.79. The zero-order valence-corrected chi connectivity index (χ0v) is 12.7. The van der Waals surface area contributed by atoms with Crippen LogP contribution in [-0.4, -0.2) is 25.8 Å². The minimum atomic E-state index is -0.210. The standard InChI is InChI=1S/C14H21NO3S/c1-14(2,13(15)19)5-6-18-12-8-10(16-3)7-11(9-12)17-4/h7-9H,5-6H2,1-4H3,(H2,15,19). The van der Waals surface area contributed by atoms with Crippen molar-refractivity contribution in [1.82, 2.24) is 0 Å². The quantitative estimate of drug-likeness (QED) is 0.780. The van der Waals surface area contributed by atoms with Gasteiger partial charge in [-0.25, -0.2) is 0 Å². The number of methoxy groups -OCH3 is 2. The Balaban J connectivity index is 2.65. The number of hydrogen-bond donors (Lipinski definition) is 1. The number of hydrogen-bond acceptors (Lipinski definition) is 4. The van der Waals surface area contributed by atoms with Gasteiger partial charge in [-0.05, 0) is 6.42 Å². The maximum Gasteiger partial charge on any atom is 0.126 e. The Bertz CT molecular complexity index is 424. The fourth-order valence-corrected chi connectivity index (χ4v) is 1.51. The predicted molar refractivity (Wildman–Crippen MR) is 80.2 cm³/mol. The van der Waals surface area contributed by atoms with E-state index in [1.54, 1.807) is 20.3 Å². The Morgan fingerprint density at radius 3 is 2.00 bits per heavy atom. The van der Waals surface area contributed by atoms with Gasteiger partial charge in [0.15, 0.2) is 0 Å². The summed E-state index contributed by atoms with van der Waals surface area (Å²) in [6.07, 6.45) is 0.752. The van der Waals surface area contributed by atoms with E-state index in [9.17, 15) is 0 Å². The Morgan fingerprint density at radius 2 is 1.58 bits per heavy atom. The molecule has 0 saturated carbocycles. The first-order valence-corrected chi connectivity index (χ1v) is 6.45. The van der Waals surface area contributed by atoms with Gasteiger partial charge in [0, 0.05) is 23.6 Å². The highest BCUT2D eigenvalue weighted by Gasteiger charge is 2.21. The van der Waals surface area contributed by atoms with E-state index in [4.69, 9.17) is 32.2 Å². The second kappa shape index (κ2) is 6.61. The Morgan fingerprint density at radius 1 is 1.11 bits per heavy atom. The summed E-state index contributed by atoms with van der Waals surface area (Å²) in [7, 11) is 3.21. The first-order chi connectivity index (χ1) is 8.89. The van der Waals surface area contributed by atoms with E-state index in [2.05, 4.69) is 0 Å². The largest absolute Gasteiger partial charge is 0.496 e. The minimum absolute atomic E-state index is 0.210. The summed E-state index contributed by atoms with van der Waals surface area (Å²) in [5.41, 5.74) is 5.47. The first-order valence-electron chi connectivity index (χ1n) is 6.05. The molecule has 0 heterocycles. The summed E-state index contributed by atoms with van der Waals surface area (Å²) in [5.74, 6) is 2.10. The zero-order valence-electron chi connectivity index (χ0n) is 11.9. The molecule has 0 saturated heterocycles. The van der Waals surface area contributed by atoms with Crippen LogP contribution in [0.5, 0.6) is 17.2 Å². The number of rotatable bonds is 7. The van der Waals surface area contributed by atoms with Crippen LogP contribution in [0.4, 0.5) is 0 Å². The molecule has 1 aromatic carbocycles. The molecule has 0 radical (unpaired) electrons. The van der Waals surface area contributed by atoms with E-state index in [1.807, 2.05) is 26.0 Å². The SMILES string of the molecule is COc1cc(OC)cc(OCCC(C)(C)C(N)=S)c1. The number of thiocarbonyl (C=S) groups is 1. The lowest BCUT2D eigenvalue weighted by atomic mass is 9.90. The lowest BCUT2D eigenvalue weighted by molar-refractivity contribution is 0.267. The van der Waals surface area contributed by atoms with Crippen molar-refractivity contribution < 1.29 is 14.2 Å². The Hall–Kier alpha value is -1.49. The van der Waals surface area contributed by atoms with Crippen LogP contribution < -0.4 is 19.9 Å². The van der Waals surface area contributed by atoms with Crippen molar-refractivity contribution in [2.75, 3.05) is 20.8 Å². The third-order valence-corrected chi connectivity index (χ3v) is 3.54. The van der Waals surface area contributed by atoms with Crippen LogP contribution in [0.25, 0.3) is 0 Å². The molecule has 0 aliphatic rings. The van der Waals surface area contributed by atoms with Gasteiger partial charge in [0.1, 0.15) is 17.2 Å². The maximum absolute atomic E-state index is 5.70. The number of ether oxygens (including phenoxy) is 3. The molecule has 0 aromatic heterocycles. The van der Waals surface area contributed by atoms with Crippen molar-refractivity contribution in [3.63, 3.8) is 0 Å². The molecule has 1 rings (SSSR count). The van der Waals surface area contributed by atoms with Crippen molar-refractivity contribution in [3.8, 4) is 17.2 Å². The van der Waals surface area contributed by atoms with Crippen molar-refractivity contribution in [1.29, 1.82) is 0 Å². The molecule has 0 amide bonds. The fourth-order valence-electron chi connectivity index (χ4n) is 1.41. The molecule has 4 nitrogen and oxygen atoms in total. The fraction of sp³-hybridized carbons (Fsp3) is 0.500. The van der Waals surface area contributed by atoms with Crippen LogP contribution in [0, 0.1) is 5.41 Å². The van der Waals surface area contributed by atoms with Gasteiger partial charge in [-0.1, -0.05) is 26.1 Å². The summed E-state index contributed by atoms with van der Waals surface area (Å²) in [5, 5.41) is 0. The number of nitrogens with two attached hydrogens (primary N) is 1. The minimum Gasteiger partial charge on any atom is -0.496 e. The molecule has 0 atom stereocenters. The smallest absolute Gasteiger partial charge is 0.126 e. The van der Waals surface area contributed by atoms with E-state index in [0.29, 0.717) is 28.8 Å². The second-order valence-electron chi connectivity index (χ2n) is 4.89. The summed E-state index contributed by atoms with van der Waals surface area (Å²) < 4.78 is 16.1. The van der Waals surface area contributed by atoms with Gasteiger partial charge >= 0.3 is 0 Å². The molecular weight excluding hydrogens is 262 g/mol. The van der Waals surface area contributed by atoms with Crippen molar-refractivity contribution in [2.24, 2.45) is 11.1 Å². The van der Waals surface area contributed by atoms with Gasteiger partial charge in [0.25, 0.3) is 0 Å². The highest BCUT2D eigenvalue weighted by molar-refractivity contribution is 7.80. The topological polar surface area (TPSA) is 53.7 Å². The second-order valence-corrected chi connectivity index (χ2v) is 5.33. The molecule has 1 aromatic rings. The lowest BCUT2D eigenvalue weighted by Crippen LogP contribution is -2.31. The number of benzene rings is 1. The van der Waals surface area contributed by atoms with Crippen LogP contribution >= 0.6 is 12.2 Å². The van der Waals surface area contributed by atoms with Gasteiger partial charge in [-0.2, -0.15) is 0 Å². The van der Waals surface area contributed by atoms with Crippen LogP contribution in [0.1, 0.15) is 20.3 Å². The Kier molecular flexibility index (Phi) is 5.42. The van der Waals surface area contributed by atoms with Crippen LogP contribution in [0.2, 0.25) is 0 Å². The van der Waals surface area contributed by atoms with Gasteiger partial charge < -0.3 is 19.9 Å². The van der Waals surface area contributed by atoms with Gasteiger partial charge in [0.05, 0.1) is 25.8 Å². The third-order valence-electron chi connectivity index (χ3n) is 2.99. The van der Waals surface area contributed by atoms with E-state index in [-0.39, 0.29) is 5.41 Å². The monoisotopic (exact) mass is 283 g/mol. The van der Waals surface area contributed by atoms with Crippen molar-refractivity contribution in [3.05, 3.63) is 18.2 Å². The van der Waals surface area contributed by atoms with Crippen molar-refractivity contribution in [2.45, 2.75) is 20.3 Å². The van der Waals surface area contributed by atoms with E-state index in [1.165, 1.54) is 0 Å². The highest BCUT2D eigenvalue weighted by Crippen LogP contribution is 2.28. The van der Waals surface area contributed by atoms with E-state index in [0.717, 1.165) is 6.42 Å². The average Bonchev–Trinajstić information content (AvgIpc) is 2.37. The first kappa shape index (κ1) is 15.6. The zero-order chi connectivity index (χ0) is 14.5. The third kappa shape index (κ3) is 4.59. The molecule has 2 N–H and O–H groups in total. The molecule has 0 unspecified atom stereocenters. The maximum atomic E-state index is 5.70. The molecule has 0 aliphatic carbocycles. The summed E-state index contributed by atoms with van der Waals surface area (Å²) >= 11 is 5.02. The van der Waals surface area contributed by atoms with Gasteiger partial charge in [-0.3, -0.25) is 0 Å². The van der Waals surface area contributed by atoms with Crippen LogP contribution in [-0.2, 0) is 0 Å². The lowest BCUT2D eigenvalue weighted by Gasteiger charge is -2.22. The molecule has 106 valence electrons. The molecular formula is C14H21NO3S. The van der Waals surface area contributed by atoms with E-state index >= 15 is 0 Å². The Labute approximate surface area is 119 Å². The summed E-state index contributed by atoms with van der Waals surface area (Å²) in [6.45, 7) is 4.54. The van der Waals surface area contributed by atoms with E-state index < -0.39 is 0 Å². The summed E-state index contributed by atoms with van der Waals surface area (Å²) in [6, 6.07) is 5.43. The van der Waals surface area contributed by atoms with Gasteiger partial charge in [-0.15, -0.1) is 0 Å². The van der Waals surface area contributed by atoms with Gasteiger partial charge in [0.2, 0.25) is 0 Å². The summed E-state index contributed by atoms with van der Waals surface area (Å²) in [4.78, 5) is 0.499. The average molecular weight is 283 g/mol. The normalized spacial score (nSPS) is 10.9. The molecule has 0 bridgehead atoms. The molecule has 0 aliphatic heterocycles. The molecule has 0 spiro atoms. The highest BCUT2D eigenvalue weighted by atomic mass is 32.1. The molecule has 5 heteroatoms. The molecule has 19 heavy (non-hydrogen) atoms. The molecule has 0 fully saturated rings. The van der Waals surface area contributed by atoms with Crippen molar-refractivity contribution >= 4 is 17.2 Å².